The first-order valence-electron chi connectivity index (χ1n) is 7.97. The Hall–Kier alpha value is -2.21. The van der Waals surface area contributed by atoms with Gasteiger partial charge in [-0.05, 0) is 25.5 Å². The molecule has 1 aromatic rings. The minimum Gasteiger partial charge on any atom is -0.448 e. The second-order valence-corrected chi connectivity index (χ2v) is 5.98. The van der Waals surface area contributed by atoms with E-state index in [1.54, 1.807) is 0 Å². The van der Waals surface area contributed by atoms with Gasteiger partial charge in [0.2, 0.25) is 12.2 Å². The van der Waals surface area contributed by atoms with Gasteiger partial charge in [0.25, 0.3) is 0 Å². The average Bonchev–Trinajstić information content (AvgIpc) is 2.50. The van der Waals surface area contributed by atoms with Crippen LogP contribution in [-0.4, -0.2) is 49.3 Å². The highest BCUT2D eigenvalue weighted by Crippen LogP contribution is 2.33. The van der Waals surface area contributed by atoms with Crippen molar-refractivity contribution in [3.05, 3.63) is 23.8 Å². The van der Waals surface area contributed by atoms with Crippen molar-refractivity contribution < 1.29 is 50.4 Å². The Balaban J connectivity index is 2.44. The van der Waals surface area contributed by atoms with E-state index in [1.165, 1.54) is 14.0 Å². The van der Waals surface area contributed by atoms with Gasteiger partial charge in [0.1, 0.15) is 11.5 Å². The molecule has 2 rings (SSSR count). The van der Waals surface area contributed by atoms with E-state index in [2.05, 4.69) is 14.5 Å². The minimum absolute atomic E-state index is 0.192. The van der Waals surface area contributed by atoms with Crippen molar-refractivity contribution in [2.24, 2.45) is 4.99 Å². The van der Waals surface area contributed by atoms with Crippen LogP contribution < -0.4 is 9.47 Å². The summed E-state index contributed by atoms with van der Waals surface area (Å²) in [6, 6.07) is 1.54. The number of nitrogens with zero attached hydrogens (tertiary/aromatic N) is 1. The molecule has 1 N–H and O–H groups in total. The summed E-state index contributed by atoms with van der Waals surface area (Å²) in [5.41, 5.74) is -0.238. The van der Waals surface area contributed by atoms with E-state index >= 15 is 0 Å². The lowest BCUT2D eigenvalue weighted by atomic mass is 10.1. The van der Waals surface area contributed by atoms with Crippen molar-refractivity contribution in [3.63, 3.8) is 0 Å². The number of benzene rings is 1. The average molecular weight is 417 g/mol. The molecule has 6 nitrogen and oxygen atoms in total. The summed E-state index contributed by atoms with van der Waals surface area (Å²) in [5.74, 6) is -2.15. The third-order valence-electron chi connectivity index (χ3n) is 3.48. The zero-order valence-corrected chi connectivity index (χ0v) is 14.7. The van der Waals surface area contributed by atoms with Gasteiger partial charge in [-0.25, -0.2) is 4.99 Å². The van der Waals surface area contributed by atoms with Crippen LogP contribution in [0.25, 0.3) is 0 Å². The number of hydrogen-bond acceptors (Lipinski definition) is 6. The highest BCUT2D eigenvalue weighted by molar-refractivity contribution is 5.95. The summed E-state index contributed by atoms with van der Waals surface area (Å²) in [7, 11) is 1.31. The normalized spacial score (nSPS) is 21.5. The molecule has 0 spiro atoms. The number of aliphatic hydroxyl groups is 1. The monoisotopic (exact) mass is 417 g/mol. The van der Waals surface area contributed by atoms with Crippen molar-refractivity contribution in [2.45, 2.75) is 50.9 Å². The molecule has 0 aliphatic carbocycles. The van der Waals surface area contributed by atoms with Crippen LogP contribution in [0.5, 0.6) is 11.5 Å². The zero-order valence-electron chi connectivity index (χ0n) is 14.7. The number of methoxy groups -OCH3 is 1. The van der Waals surface area contributed by atoms with Crippen molar-refractivity contribution in [2.75, 3.05) is 7.11 Å². The van der Waals surface area contributed by atoms with E-state index in [-0.39, 0.29) is 24.3 Å². The van der Waals surface area contributed by atoms with Crippen LogP contribution in [0.4, 0.5) is 26.3 Å². The zero-order chi connectivity index (χ0) is 21.1. The van der Waals surface area contributed by atoms with Gasteiger partial charge >= 0.3 is 12.7 Å². The Morgan fingerprint density at radius 2 is 1.64 bits per heavy atom. The molecule has 158 valence electrons. The molecule has 0 amide bonds. The Morgan fingerprint density at radius 1 is 1.11 bits per heavy atom. The van der Waals surface area contributed by atoms with Gasteiger partial charge in [-0.15, -0.1) is 26.3 Å². The summed E-state index contributed by atoms with van der Waals surface area (Å²) < 4.78 is 92.9. The molecule has 1 aliphatic rings. The third-order valence-corrected chi connectivity index (χ3v) is 3.48. The third kappa shape index (κ3) is 7.08. The first-order valence-corrected chi connectivity index (χ1v) is 7.97. The van der Waals surface area contributed by atoms with Crippen LogP contribution in [0.1, 0.15) is 25.3 Å². The highest BCUT2D eigenvalue weighted by atomic mass is 19.4. The summed E-state index contributed by atoms with van der Waals surface area (Å²) in [5, 5.41) is 9.52. The Bertz CT molecular complexity index is 669. The topological polar surface area (TPSA) is 69.5 Å². The molecular weight excluding hydrogens is 400 g/mol. The molecule has 0 radical (unpaired) electrons. The smallest absolute Gasteiger partial charge is 0.448 e. The maximum atomic E-state index is 12.5. The quantitative estimate of drug-likeness (QED) is 0.714. The number of hydrogen-bond donors (Lipinski definition) is 1. The van der Waals surface area contributed by atoms with Crippen LogP contribution in [0.15, 0.2) is 23.2 Å². The molecule has 0 aromatic heterocycles. The number of alkyl halides is 6. The van der Waals surface area contributed by atoms with E-state index in [0.29, 0.717) is 6.07 Å². The summed E-state index contributed by atoms with van der Waals surface area (Å²) in [6.45, 7) is 1.51. The fourth-order valence-corrected chi connectivity index (χ4v) is 2.55. The lowest BCUT2D eigenvalue weighted by Crippen LogP contribution is -2.33. The molecule has 0 fully saturated rings. The second kappa shape index (κ2) is 8.43. The van der Waals surface area contributed by atoms with Crippen LogP contribution >= 0.6 is 0 Å². The first-order chi connectivity index (χ1) is 12.8. The van der Waals surface area contributed by atoms with Gasteiger partial charge in [-0.3, -0.25) is 0 Å². The predicted octanol–water partition coefficient (Wildman–Crippen LogP) is 3.76. The van der Waals surface area contributed by atoms with Gasteiger partial charge in [0, 0.05) is 25.2 Å². The highest BCUT2D eigenvalue weighted by Gasteiger charge is 2.35. The molecule has 1 aromatic carbocycles. The lowest BCUT2D eigenvalue weighted by molar-refractivity contribution is -0.276. The molecule has 0 saturated heterocycles. The van der Waals surface area contributed by atoms with E-state index in [1.807, 2.05) is 0 Å². The first kappa shape index (κ1) is 22.1. The van der Waals surface area contributed by atoms with Gasteiger partial charge in [-0.1, -0.05) is 0 Å². The van der Waals surface area contributed by atoms with Crippen molar-refractivity contribution >= 4 is 5.90 Å². The largest absolute Gasteiger partial charge is 0.573 e. The van der Waals surface area contributed by atoms with Gasteiger partial charge < -0.3 is 24.1 Å². The molecule has 12 heteroatoms. The number of ether oxygens (including phenoxy) is 4. The molecule has 1 heterocycles. The van der Waals surface area contributed by atoms with Crippen LogP contribution in [0.3, 0.4) is 0 Å². The molecule has 3 atom stereocenters. The molecular formula is C16H17F6NO5. The fraction of sp³-hybridized carbons (Fsp3) is 0.562. The molecule has 0 saturated carbocycles. The van der Waals surface area contributed by atoms with Crippen LogP contribution in [0, 0.1) is 0 Å². The molecule has 0 bridgehead atoms. The van der Waals surface area contributed by atoms with E-state index in [4.69, 9.17) is 9.47 Å². The molecule has 1 aliphatic heterocycles. The Morgan fingerprint density at radius 3 is 2.07 bits per heavy atom. The number of halogens is 6. The van der Waals surface area contributed by atoms with Gasteiger partial charge in [0.05, 0.1) is 12.1 Å². The van der Waals surface area contributed by atoms with Gasteiger partial charge in [0.15, 0.2) is 0 Å². The van der Waals surface area contributed by atoms with Crippen molar-refractivity contribution in [1.82, 2.24) is 0 Å². The van der Waals surface area contributed by atoms with E-state index in [9.17, 15) is 31.4 Å². The lowest BCUT2D eigenvalue weighted by Gasteiger charge is -2.28. The standard InChI is InChI=1S/C16H17F6NO5/c1-8(24)3-10-6-13(25-2)26-14(23-10)9-4-11(27-15(17,18)19)7-12(5-9)28-16(20,21)22/h4-5,7-8,10,13,24H,3,6H2,1-2H3. The van der Waals surface area contributed by atoms with Crippen molar-refractivity contribution in [3.8, 4) is 11.5 Å². The Kier molecular flexibility index (Phi) is 6.65. The second-order valence-electron chi connectivity index (χ2n) is 5.98. The maximum absolute atomic E-state index is 12.5. The van der Waals surface area contributed by atoms with Crippen LogP contribution in [0.2, 0.25) is 0 Å². The van der Waals surface area contributed by atoms with Crippen LogP contribution in [-0.2, 0) is 9.47 Å². The van der Waals surface area contributed by atoms with E-state index < -0.39 is 42.7 Å². The number of aliphatic hydroxyl groups excluding tert-OH is 1. The number of rotatable bonds is 6. The SMILES string of the molecule is COC1CC(CC(C)O)N=C(c2cc(OC(F)(F)F)cc(OC(F)(F)F)c2)O1. The predicted molar refractivity (Wildman–Crippen MR) is 82.9 cm³/mol. The summed E-state index contributed by atoms with van der Waals surface area (Å²) in [4.78, 5) is 4.15. The number of aliphatic imine (C=N–C) groups is 1. The molecule has 28 heavy (non-hydrogen) atoms. The van der Waals surface area contributed by atoms with Gasteiger partial charge in [-0.2, -0.15) is 0 Å². The minimum atomic E-state index is -5.13. The molecule has 3 unspecified atom stereocenters. The summed E-state index contributed by atoms with van der Waals surface area (Å²) >= 11 is 0. The summed E-state index contributed by atoms with van der Waals surface area (Å²) in [6.07, 6.45) is -11.4. The maximum Gasteiger partial charge on any atom is 0.573 e. The van der Waals surface area contributed by atoms with Crippen molar-refractivity contribution in [1.29, 1.82) is 0 Å². The fourth-order valence-electron chi connectivity index (χ4n) is 2.55. The van der Waals surface area contributed by atoms with E-state index in [0.717, 1.165) is 12.1 Å². The Labute approximate surface area is 155 Å².